The minimum absolute atomic E-state index is 0.252. The predicted molar refractivity (Wildman–Crippen MR) is 58.4 cm³/mol. The lowest BCUT2D eigenvalue weighted by Crippen LogP contribution is -2.22. The number of hydrogen-bond acceptors (Lipinski definition) is 3. The summed E-state index contributed by atoms with van der Waals surface area (Å²) in [5, 5.41) is 13.2. The molecule has 0 unspecified atom stereocenters. The highest BCUT2D eigenvalue weighted by molar-refractivity contribution is 5.94. The summed E-state index contributed by atoms with van der Waals surface area (Å²) < 4.78 is 1.57. The molecule has 1 rings (SSSR count). The molecule has 5 heteroatoms. The standard InChI is InChI=1S/C10H15N3O2/c1-5-6-12(3)9-8(10(14)15)7(2)11-13(9)4/h5H,1,6H2,2-4H3,(H,14,15). The van der Waals surface area contributed by atoms with Crippen molar-refractivity contribution in [1.29, 1.82) is 0 Å². The van der Waals surface area contributed by atoms with Crippen LogP contribution in [-0.2, 0) is 7.05 Å². The summed E-state index contributed by atoms with van der Waals surface area (Å²) in [5.41, 5.74) is 0.776. The van der Waals surface area contributed by atoms with Crippen molar-refractivity contribution in [3.63, 3.8) is 0 Å². The van der Waals surface area contributed by atoms with E-state index < -0.39 is 5.97 Å². The van der Waals surface area contributed by atoms with Crippen LogP contribution in [0.3, 0.4) is 0 Å². The highest BCUT2D eigenvalue weighted by Gasteiger charge is 2.21. The van der Waals surface area contributed by atoms with Crippen LogP contribution in [0.4, 0.5) is 5.82 Å². The quantitative estimate of drug-likeness (QED) is 0.753. The Bertz CT molecular complexity index is 396. The summed E-state index contributed by atoms with van der Waals surface area (Å²) in [4.78, 5) is 12.9. The second kappa shape index (κ2) is 4.16. The molecule has 1 aromatic heterocycles. The molecule has 15 heavy (non-hydrogen) atoms. The Labute approximate surface area is 88.6 Å². The third-order valence-corrected chi connectivity index (χ3v) is 2.17. The van der Waals surface area contributed by atoms with Crippen LogP contribution in [0.1, 0.15) is 16.1 Å². The number of hydrogen-bond donors (Lipinski definition) is 1. The zero-order valence-electron chi connectivity index (χ0n) is 9.19. The molecule has 0 saturated carbocycles. The molecule has 0 bridgehead atoms. The number of aromatic carboxylic acids is 1. The van der Waals surface area contributed by atoms with Gasteiger partial charge in [-0.1, -0.05) is 6.08 Å². The van der Waals surface area contributed by atoms with Gasteiger partial charge >= 0.3 is 5.97 Å². The van der Waals surface area contributed by atoms with E-state index in [1.165, 1.54) is 0 Å². The van der Waals surface area contributed by atoms with Gasteiger partial charge in [0.25, 0.3) is 0 Å². The van der Waals surface area contributed by atoms with Gasteiger partial charge in [-0.2, -0.15) is 5.10 Å². The lowest BCUT2D eigenvalue weighted by molar-refractivity contribution is 0.0697. The summed E-state index contributed by atoms with van der Waals surface area (Å²) in [6.45, 7) is 5.89. The minimum atomic E-state index is -0.952. The molecule has 0 aliphatic heterocycles. The second-order valence-corrected chi connectivity index (χ2v) is 3.38. The van der Waals surface area contributed by atoms with Gasteiger partial charge in [0.05, 0.1) is 5.69 Å². The molecule has 1 aromatic rings. The molecule has 0 saturated heterocycles. The molecule has 5 nitrogen and oxygen atoms in total. The molecule has 1 N–H and O–H groups in total. The Kier molecular flexibility index (Phi) is 3.14. The van der Waals surface area contributed by atoms with Gasteiger partial charge in [0.2, 0.25) is 0 Å². The third kappa shape index (κ3) is 2.01. The largest absolute Gasteiger partial charge is 0.477 e. The van der Waals surface area contributed by atoms with Crippen molar-refractivity contribution in [2.75, 3.05) is 18.5 Å². The van der Waals surface area contributed by atoms with Crippen molar-refractivity contribution < 1.29 is 9.90 Å². The van der Waals surface area contributed by atoms with Crippen LogP contribution in [0.25, 0.3) is 0 Å². The van der Waals surface area contributed by atoms with Gasteiger partial charge < -0.3 is 10.0 Å². The number of nitrogens with zero attached hydrogens (tertiary/aromatic N) is 3. The Morgan fingerprint density at radius 3 is 2.80 bits per heavy atom. The van der Waals surface area contributed by atoms with Crippen molar-refractivity contribution in [3.8, 4) is 0 Å². The molecular formula is C10H15N3O2. The molecule has 0 aliphatic carbocycles. The molecule has 0 fully saturated rings. The maximum absolute atomic E-state index is 11.1. The zero-order chi connectivity index (χ0) is 11.6. The monoisotopic (exact) mass is 209 g/mol. The summed E-state index contributed by atoms with van der Waals surface area (Å²) in [5.74, 6) is -0.355. The van der Waals surface area contributed by atoms with Crippen molar-refractivity contribution in [3.05, 3.63) is 23.9 Å². The summed E-state index contributed by atoms with van der Waals surface area (Å²) in [7, 11) is 3.54. The van der Waals surface area contributed by atoms with Crippen LogP contribution < -0.4 is 4.90 Å². The van der Waals surface area contributed by atoms with Crippen molar-refractivity contribution in [2.45, 2.75) is 6.92 Å². The first kappa shape index (κ1) is 11.3. The number of carbonyl (C=O) groups is 1. The highest BCUT2D eigenvalue weighted by atomic mass is 16.4. The zero-order valence-corrected chi connectivity index (χ0v) is 9.19. The Morgan fingerprint density at radius 2 is 2.33 bits per heavy atom. The lowest BCUT2D eigenvalue weighted by atomic mass is 10.2. The summed E-state index contributed by atoms with van der Waals surface area (Å²) in [6.07, 6.45) is 1.72. The molecule has 0 aromatic carbocycles. The Balaban J connectivity index is 3.25. The van der Waals surface area contributed by atoms with Gasteiger partial charge in [0.15, 0.2) is 0 Å². The fourth-order valence-electron chi connectivity index (χ4n) is 1.61. The van der Waals surface area contributed by atoms with E-state index in [-0.39, 0.29) is 5.56 Å². The fraction of sp³-hybridized carbons (Fsp3) is 0.400. The van der Waals surface area contributed by atoms with Crippen LogP contribution in [-0.4, -0.2) is 34.4 Å². The van der Waals surface area contributed by atoms with Gasteiger partial charge in [0, 0.05) is 20.6 Å². The number of likely N-dealkylation sites (N-methyl/N-ethyl adjacent to an activating group) is 1. The number of aromatic nitrogens is 2. The second-order valence-electron chi connectivity index (χ2n) is 3.38. The summed E-state index contributed by atoms with van der Waals surface area (Å²) >= 11 is 0. The van der Waals surface area contributed by atoms with Crippen LogP contribution in [0.15, 0.2) is 12.7 Å². The highest BCUT2D eigenvalue weighted by Crippen LogP contribution is 2.21. The van der Waals surface area contributed by atoms with E-state index in [1.807, 2.05) is 7.05 Å². The first-order valence-electron chi connectivity index (χ1n) is 4.58. The number of rotatable bonds is 4. The van der Waals surface area contributed by atoms with Gasteiger partial charge in [-0.05, 0) is 6.92 Å². The Hall–Kier alpha value is -1.78. The molecule has 0 aliphatic rings. The molecule has 0 amide bonds. The third-order valence-electron chi connectivity index (χ3n) is 2.17. The topological polar surface area (TPSA) is 58.4 Å². The van der Waals surface area contributed by atoms with Gasteiger partial charge in [-0.3, -0.25) is 4.68 Å². The SMILES string of the molecule is C=CCN(C)c1c(C(=O)O)c(C)nn1C. The van der Waals surface area contributed by atoms with Crippen LogP contribution in [0, 0.1) is 6.92 Å². The fourth-order valence-corrected chi connectivity index (χ4v) is 1.61. The van der Waals surface area contributed by atoms with Gasteiger partial charge in [-0.15, -0.1) is 6.58 Å². The Morgan fingerprint density at radius 1 is 1.73 bits per heavy atom. The number of anilines is 1. The van der Waals surface area contributed by atoms with E-state index in [1.54, 1.807) is 29.6 Å². The van der Waals surface area contributed by atoms with Crippen LogP contribution in [0.2, 0.25) is 0 Å². The average molecular weight is 209 g/mol. The molecule has 0 atom stereocenters. The number of aryl methyl sites for hydroxylation is 2. The smallest absolute Gasteiger partial charge is 0.341 e. The van der Waals surface area contributed by atoms with E-state index in [0.717, 1.165) is 0 Å². The lowest BCUT2D eigenvalue weighted by Gasteiger charge is -2.17. The maximum atomic E-state index is 11.1. The summed E-state index contributed by atoms with van der Waals surface area (Å²) in [6, 6.07) is 0. The van der Waals surface area contributed by atoms with E-state index in [2.05, 4.69) is 11.7 Å². The molecular weight excluding hydrogens is 194 g/mol. The van der Waals surface area contributed by atoms with Gasteiger partial charge in [-0.25, -0.2) is 4.79 Å². The van der Waals surface area contributed by atoms with E-state index in [4.69, 9.17) is 5.11 Å². The van der Waals surface area contributed by atoms with Crippen LogP contribution in [0.5, 0.6) is 0 Å². The average Bonchev–Trinajstić information content (AvgIpc) is 2.41. The number of carboxylic acids is 1. The molecule has 0 radical (unpaired) electrons. The maximum Gasteiger partial charge on any atom is 0.341 e. The first-order chi connectivity index (χ1) is 6.99. The molecule has 82 valence electrons. The van der Waals surface area contributed by atoms with Crippen LogP contribution >= 0.6 is 0 Å². The minimum Gasteiger partial charge on any atom is -0.477 e. The van der Waals surface area contributed by atoms with E-state index in [0.29, 0.717) is 18.1 Å². The van der Waals surface area contributed by atoms with Crippen molar-refractivity contribution in [1.82, 2.24) is 9.78 Å². The first-order valence-corrected chi connectivity index (χ1v) is 4.58. The predicted octanol–water partition coefficient (Wildman–Crippen LogP) is 1.05. The van der Waals surface area contributed by atoms with Crippen molar-refractivity contribution >= 4 is 11.8 Å². The number of carboxylic acid groups (broad SMARTS) is 1. The van der Waals surface area contributed by atoms with Gasteiger partial charge in [0.1, 0.15) is 11.4 Å². The van der Waals surface area contributed by atoms with E-state index in [9.17, 15) is 4.79 Å². The van der Waals surface area contributed by atoms with E-state index >= 15 is 0 Å². The molecule has 0 spiro atoms. The van der Waals surface area contributed by atoms with Crippen molar-refractivity contribution in [2.24, 2.45) is 7.05 Å². The molecule has 1 heterocycles. The normalized spacial score (nSPS) is 10.1.